The van der Waals surface area contributed by atoms with Crippen LogP contribution in [0.2, 0.25) is 0 Å². The molecule has 0 saturated carbocycles. The summed E-state index contributed by atoms with van der Waals surface area (Å²) in [5, 5.41) is 0. The van der Waals surface area contributed by atoms with Crippen molar-refractivity contribution in [2.45, 2.75) is 26.7 Å². The molecular formula is C14H24N2S. The van der Waals surface area contributed by atoms with Crippen molar-refractivity contribution in [1.29, 1.82) is 0 Å². The largest absolute Gasteiger partial charge is 0.399 e. The highest BCUT2D eigenvalue weighted by Crippen LogP contribution is 2.17. The number of rotatable bonds is 8. The first-order chi connectivity index (χ1) is 8.27. The zero-order valence-electron chi connectivity index (χ0n) is 11.0. The van der Waals surface area contributed by atoms with Gasteiger partial charge in [-0.05, 0) is 48.6 Å². The summed E-state index contributed by atoms with van der Waals surface area (Å²) in [7, 11) is 0. The standard InChI is InChI=1S/C14H24N2S/c1-3-10-16(11-5-12-17-4-2)14-8-6-13(15)7-9-14/h6-9H,3-5,10-12,15H2,1-2H3. The maximum Gasteiger partial charge on any atom is 0.0367 e. The lowest BCUT2D eigenvalue weighted by molar-refractivity contribution is 0.748. The monoisotopic (exact) mass is 252 g/mol. The Morgan fingerprint density at radius 2 is 1.82 bits per heavy atom. The minimum atomic E-state index is 0.840. The first kappa shape index (κ1) is 14.2. The van der Waals surface area contributed by atoms with Gasteiger partial charge in [0.15, 0.2) is 0 Å². The molecule has 0 aliphatic rings. The van der Waals surface area contributed by atoms with E-state index < -0.39 is 0 Å². The molecule has 1 aromatic carbocycles. The fourth-order valence-corrected chi connectivity index (χ4v) is 2.45. The molecule has 0 amide bonds. The van der Waals surface area contributed by atoms with Crippen LogP contribution in [0.3, 0.4) is 0 Å². The molecule has 0 aliphatic carbocycles. The van der Waals surface area contributed by atoms with Crippen LogP contribution in [-0.2, 0) is 0 Å². The van der Waals surface area contributed by atoms with Crippen molar-refractivity contribution >= 4 is 23.1 Å². The fourth-order valence-electron chi connectivity index (χ4n) is 1.83. The van der Waals surface area contributed by atoms with E-state index in [9.17, 15) is 0 Å². The molecule has 96 valence electrons. The van der Waals surface area contributed by atoms with Crippen molar-refractivity contribution in [3.05, 3.63) is 24.3 Å². The second-order valence-corrected chi connectivity index (χ2v) is 5.52. The molecule has 2 N–H and O–H groups in total. The lowest BCUT2D eigenvalue weighted by Crippen LogP contribution is -2.25. The van der Waals surface area contributed by atoms with Gasteiger partial charge in [0.05, 0.1) is 0 Å². The van der Waals surface area contributed by atoms with Crippen LogP contribution in [0, 0.1) is 0 Å². The van der Waals surface area contributed by atoms with Crippen LogP contribution in [0.1, 0.15) is 26.7 Å². The Balaban J connectivity index is 2.49. The average Bonchev–Trinajstić information content (AvgIpc) is 2.34. The van der Waals surface area contributed by atoms with Gasteiger partial charge in [-0.25, -0.2) is 0 Å². The van der Waals surface area contributed by atoms with Crippen LogP contribution >= 0.6 is 11.8 Å². The molecule has 0 radical (unpaired) electrons. The van der Waals surface area contributed by atoms with Crippen molar-refractivity contribution in [3.63, 3.8) is 0 Å². The van der Waals surface area contributed by atoms with E-state index in [0.29, 0.717) is 0 Å². The van der Waals surface area contributed by atoms with Crippen molar-refractivity contribution in [2.75, 3.05) is 35.2 Å². The Bertz CT molecular complexity index is 298. The van der Waals surface area contributed by atoms with Crippen molar-refractivity contribution < 1.29 is 0 Å². The van der Waals surface area contributed by atoms with Crippen molar-refractivity contribution in [2.24, 2.45) is 0 Å². The smallest absolute Gasteiger partial charge is 0.0367 e. The summed E-state index contributed by atoms with van der Waals surface area (Å²) in [5.74, 6) is 2.47. The van der Waals surface area contributed by atoms with Crippen LogP contribution < -0.4 is 10.6 Å². The molecule has 0 aliphatic heterocycles. The fraction of sp³-hybridized carbons (Fsp3) is 0.571. The van der Waals surface area contributed by atoms with Crippen LogP contribution in [0.25, 0.3) is 0 Å². The third kappa shape index (κ3) is 5.35. The van der Waals surface area contributed by atoms with Gasteiger partial charge >= 0.3 is 0 Å². The Hall–Kier alpha value is -0.830. The normalized spacial score (nSPS) is 10.5. The minimum absolute atomic E-state index is 0.840. The van der Waals surface area contributed by atoms with Gasteiger partial charge in [-0.15, -0.1) is 0 Å². The van der Waals surface area contributed by atoms with Gasteiger partial charge in [-0.1, -0.05) is 13.8 Å². The van der Waals surface area contributed by atoms with E-state index in [4.69, 9.17) is 5.73 Å². The van der Waals surface area contributed by atoms with Crippen LogP contribution in [0.4, 0.5) is 11.4 Å². The molecule has 0 heterocycles. The highest BCUT2D eigenvalue weighted by molar-refractivity contribution is 7.99. The van der Waals surface area contributed by atoms with E-state index in [1.807, 2.05) is 23.9 Å². The molecule has 0 atom stereocenters. The van der Waals surface area contributed by atoms with E-state index >= 15 is 0 Å². The number of benzene rings is 1. The molecule has 17 heavy (non-hydrogen) atoms. The third-order valence-corrected chi connectivity index (χ3v) is 3.66. The highest BCUT2D eigenvalue weighted by Gasteiger charge is 2.04. The van der Waals surface area contributed by atoms with Gasteiger partial charge in [0.1, 0.15) is 0 Å². The van der Waals surface area contributed by atoms with Gasteiger partial charge in [0.25, 0.3) is 0 Å². The average molecular weight is 252 g/mol. The third-order valence-electron chi connectivity index (χ3n) is 2.67. The molecule has 0 unspecified atom stereocenters. The van der Waals surface area contributed by atoms with E-state index in [0.717, 1.165) is 18.8 Å². The molecule has 2 nitrogen and oxygen atoms in total. The van der Waals surface area contributed by atoms with Gasteiger partial charge in [-0.2, -0.15) is 11.8 Å². The van der Waals surface area contributed by atoms with E-state index in [1.54, 1.807) is 0 Å². The summed E-state index contributed by atoms with van der Waals surface area (Å²) >= 11 is 2.02. The SMILES string of the molecule is CCCN(CCCSCC)c1ccc(N)cc1. The molecule has 1 rings (SSSR count). The Labute approximate surface area is 110 Å². The summed E-state index contributed by atoms with van der Waals surface area (Å²) in [6.45, 7) is 6.71. The number of nitrogens with two attached hydrogens (primary N) is 1. The summed E-state index contributed by atoms with van der Waals surface area (Å²) in [6, 6.07) is 8.22. The predicted molar refractivity (Wildman–Crippen MR) is 81.0 cm³/mol. The lowest BCUT2D eigenvalue weighted by atomic mass is 10.2. The predicted octanol–water partition coefficient (Wildman–Crippen LogP) is 3.63. The number of anilines is 2. The number of nitrogen functional groups attached to an aromatic ring is 1. The first-order valence-electron chi connectivity index (χ1n) is 6.46. The molecule has 0 bridgehead atoms. The molecule has 0 spiro atoms. The summed E-state index contributed by atoms with van der Waals surface area (Å²) < 4.78 is 0. The van der Waals surface area contributed by atoms with E-state index in [-0.39, 0.29) is 0 Å². The van der Waals surface area contributed by atoms with Crippen molar-refractivity contribution in [1.82, 2.24) is 0 Å². The maximum absolute atomic E-state index is 5.72. The highest BCUT2D eigenvalue weighted by atomic mass is 32.2. The van der Waals surface area contributed by atoms with Gasteiger partial charge in [0.2, 0.25) is 0 Å². The topological polar surface area (TPSA) is 29.3 Å². The minimum Gasteiger partial charge on any atom is -0.399 e. The maximum atomic E-state index is 5.72. The second kappa shape index (κ2) is 8.29. The molecule has 3 heteroatoms. The zero-order chi connectivity index (χ0) is 12.5. The van der Waals surface area contributed by atoms with Crippen LogP contribution in [0.15, 0.2) is 24.3 Å². The number of nitrogens with zero attached hydrogens (tertiary/aromatic N) is 1. The Morgan fingerprint density at radius 1 is 1.12 bits per heavy atom. The quantitative estimate of drug-likeness (QED) is 0.566. The summed E-state index contributed by atoms with van der Waals surface area (Å²) in [6.07, 6.45) is 2.44. The van der Waals surface area contributed by atoms with E-state index in [2.05, 4.69) is 30.9 Å². The molecule has 0 fully saturated rings. The van der Waals surface area contributed by atoms with Gasteiger partial charge < -0.3 is 10.6 Å². The van der Waals surface area contributed by atoms with Crippen LogP contribution in [-0.4, -0.2) is 24.6 Å². The van der Waals surface area contributed by atoms with Gasteiger partial charge in [-0.3, -0.25) is 0 Å². The second-order valence-electron chi connectivity index (χ2n) is 4.13. The molecule has 1 aromatic rings. The number of thioether (sulfide) groups is 1. The lowest BCUT2D eigenvalue weighted by Gasteiger charge is -2.24. The number of hydrogen-bond acceptors (Lipinski definition) is 3. The number of hydrogen-bond donors (Lipinski definition) is 1. The Morgan fingerprint density at radius 3 is 2.41 bits per heavy atom. The zero-order valence-corrected chi connectivity index (χ0v) is 11.8. The summed E-state index contributed by atoms with van der Waals surface area (Å²) in [5.41, 5.74) is 7.85. The first-order valence-corrected chi connectivity index (χ1v) is 7.61. The molecule has 0 aromatic heterocycles. The van der Waals surface area contributed by atoms with Crippen molar-refractivity contribution in [3.8, 4) is 0 Å². The Kier molecular flexibility index (Phi) is 6.94. The van der Waals surface area contributed by atoms with E-state index in [1.165, 1.54) is 30.0 Å². The molecule has 0 saturated heterocycles. The molecular weight excluding hydrogens is 228 g/mol. The summed E-state index contributed by atoms with van der Waals surface area (Å²) in [4.78, 5) is 2.45. The van der Waals surface area contributed by atoms with Gasteiger partial charge in [0, 0.05) is 24.5 Å². The van der Waals surface area contributed by atoms with Crippen LogP contribution in [0.5, 0.6) is 0 Å².